The second kappa shape index (κ2) is 7.03. The molecule has 0 radical (unpaired) electrons. The van der Waals surface area contributed by atoms with Gasteiger partial charge in [-0.25, -0.2) is 12.8 Å². The molecule has 1 fully saturated rings. The van der Waals surface area contributed by atoms with Gasteiger partial charge in [-0.3, -0.25) is 10.1 Å². The first-order chi connectivity index (χ1) is 12.3. The maximum atomic E-state index is 13.4. The van der Waals surface area contributed by atoms with E-state index in [9.17, 15) is 22.9 Å². The minimum Gasteiger partial charge on any atom is -0.368 e. The van der Waals surface area contributed by atoms with E-state index in [1.807, 2.05) is 11.0 Å². The first-order valence-electron chi connectivity index (χ1n) is 8.25. The van der Waals surface area contributed by atoms with E-state index in [0.717, 1.165) is 31.2 Å². The molecule has 6 nitrogen and oxygen atoms in total. The maximum absolute atomic E-state index is 13.4. The van der Waals surface area contributed by atoms with Gasteiger partial charge in [-0.05, 0) is 49.1 Å². The molecule has 1 saturated heterocycles. The Bertz CT molecular complexity index is 946. The van der Waals surface area contributed by atoms with Crippen LogP contribution in [0.3, 0.4) is 0 Å². The topological polar surface area (TPSA) is 80.5 Å². The summed E-state index contributed by atoms with van der Waals surface area (Å²) in [5.41, 5.74) is 1.08. The highest BCUT2D eigenvalue weighted by Gasteiger charge is 2.29. The Hall–Kier alpha value is -2.48. The zero-order valence-corrected chi connectivity index (χ0v) is 15.1. The molecular formula is C18H19FN2O4S. The number of sulfone groups is 1. The van der Waals surface area contributed by atoms with E-state index in [4.69, 9.17) is 0 Å². The fourth-order valence-corrected chi connectivity index (χ4v) is 4.31. The van der Waals surface area contributed by atoms with Crippen LogP contribution in [-0.2, 0) is 16.3 Å². The predicted octanol–water partition coefficient (Wildman–Crippen LogP) is 3.35. The summed E-state index contributed by atoms with van der Waals surface area (Å²) < 4.78 is 37.4. The first-order valence-corrected chi connectivity index (χ1v) is 10.1. The summed E-state index contributed by atoms with van der Waals surface area (Å²) in [6.45, 7) is 0.723. The van der Waals surface area contributed by atoms with Gasteiger partial charge in [-0.1, -0.05) is 12.1 Å². The lowest BCUT2D eigenvalue weighted by Gasteiger charge is -2.27. The van der Waals surface area contributed by atoms with Gasteiger partial charge in [0.15, 0.2) is 9.84 Å². The lowest BCUT2D eigenvalue weighted by molar-refractivity contribution is -0.387. The fourth-order valence-electron chi connectivity index (χ4n) is 3.45. The molecule has 0 aromatic heterocycles. The second-order valence-corrected chi connectivity index (χ2v) is 8.49. The van der Waals surface area contributed by atoms with Gasteiger partial charge in [0.1, 0.15) is 10.7 Å². The third-order valence-corrected chi connectivity index (χ3v) is 5.73. The molecule has 26 heavy (non-hydrogen) atoms. The Morgan fingerprint density at radius 3 is 2.69 bits per heavy atom. The number of halogens is 1. The van der Waals surface area contributed by atoms with Crippen molar-refractivity contribution in [3.05, 3.63) is 64.0 Å². The van der Waals surface area contributed by atoms with Gasteiger partial charge in [-0.15, -0.1) is 0 Å². The number of anilines is 1. The molecule has 2 aromatic carbocycles. The Labute approximate surface area is 151 Å². The van der Waals surface area contributed by atoms with Crippen LogP contribution in [0.15, 0.2) is 47.4 Å². The summed E-state index contributed by atoms with van der Waals surface area (Å²) in [6, 6.07) is 10.7. The zero-order chi connectivity index (χ0) is 18.9. The van der Waals surface area contributed by atoms with E-state index in [1.54, 1.807) is 12.1 Å². The number of nitrogens with zero attached hydrogens (tertiary/aromatic N) is 2. The van der Waals surface area contributed by atoms with Crippen LogP contribution >= 0.6 is 0 Å². The van der Waals surface area contributed by atoms with E-state index >= 15 is 0 Å². The molecule has 8 heteroatoms. The first kappa shape index (κ1) is 18.3. The van der Waals surface area contributed by atoms with Crippen molar-refractivity contribution in [1.82, 2.24) is 0 Å². The van der Waals surface area contributed by atoms with Crippen molar-refractivity contribution in [3.63, 3.8) is 0 Å². The van der Waals surface area contributed by atoms with Crippen LogP contribution in [0.4, 0.5) is 15.8 Å². The van der Waals surface area contributed by atoms with Gasteiger partial charge in [-0.2, -0.15) is 0 Å². The summed E-state index contributed by atoms with van der Waals surface area (Å²) >= 11 is 0. The highest BCUT2D eigenvalue weighted by atomic mass is 32.2. The molecule has 2 aromatic rings. The number of nitro benzene ring substituents is 1. The van der Waals surface area contributed by atoms with Gasteiger partial charge in [0.2, 0.25) is 0 Å². The molecule has 138 valence electrons. The average molecular weight is 378 g/mol. The van der Waals surface area contributed by atoms with Crippen LogP contribution in [0.1, 0.15) is 18.4 Å². The summed E-state index contributed by atoms with van der Waals surface area (Å²) in [7, 11) is -3.73. The summed E-state index contributed by atoms with van der Waals surface area (Å²) in [4.78, 5) is 12.2. The molecule has 1 atom stereocenters. The van der Waals surface area contributed by atoms with Crippen LogP contribution in [0.2, 0.25) is 0 Å². The lowest BCUT2D eigenvalue weighted by Crippen LogP contribution is -2.31. The van der Waals surface area contributed by atoms with Crippen molar-refractivity contribution in [1.29, 1.82) is 0 Å². The van der Waals surface area contributed by atoms with E-state index in [-0.39, 0.29) is 16.8 Å². The molecule has 1 heterocycles. The van der Waals surface area contributed by atoms with E-state index in [2.05, 4.69) is 0 Å². The molecule has 0 saturated carbocycles. The summed E-state index contributed by atoms with van der Waals surface area (Å²) in [5.74, 6) is -0.290. The van der Waals surface area contributed by atoms with Gasteiger partial charge >= 0.3 is 0 Å². The molecule has 0 N–H and O–H groups in total. The van der Waals surface area contributed by atoms with Gasteiger partial charge in [0.05, 0.1) is 4.92 Å². The fraction of sp³-hybridized carbons (Fsp3) is 0.333. The third-order valence-electron chi connectivity index (χ3n) is 4.61. The van der Waals surface area contributed by atoms with E-state index in [1.165, 1.54) is 24.3 Å². The predicted molar refractivity (Wildman–Crippen MR) is 96.7 cm³/mol. The van der Waals surface area contributed by atoms with Crippen LogP contribution in [0.5, 0.6) is 0 Å². The quantitative estimate of drug-likeness (QED) is 0.589. The number of benzene rings is 2. The van der Waals surface area contributed by atoms with Crippen molar-refractivity contribution >= 4 is 21.2 Å². The molecule has 0 bridgehead atoms. The van der Waals surface area contributed by atoms with Crippen molar-refractivity contribution in [2.45, 2.75) is 30.2 Å². The molecular weight excluding hydrogens is 359 g/mol. The molecule has 0 spiro atoms. The number of hydrogen-bond donors (Lipinski definition) is 0. The van der Waals surface area contributed by atoms with Gasteiger partial charge in [0, 0.05) is 30.6 Å². The van der Waals surface area contributed by atoms with Crippen LogP contribution in [0.25, 0.3) is 0 Å². The van der Waals surface area contributed by atoms with Crippen molar-refractivity contribution in [2.24, 2.45) is 0 Å². The molecule has 0 aliphatic carbocycles. The molecule has 1 aliphatic heterocycles. The van der Waals surface area contributed by atoms with Crippen molar-refractivity contribution in [2.75, 3.05) is 17.7 Å². The highest BCUT2D eigenvalue weighted by Crippen LogP contribution is 2.33. The van der Waals surface area contributed by atoms with Crippen LogP contribution in [-0.4, -0.2) is 32.2 Å². The van der Waals surface area contributed by atoms with E-state index < -0.39 is 20.4 Å². The Morgan fingerprint density at radius 1 is 1.27 bits per heavy atom. The van der Waals surface area contributed by atoms with Gasteiger partial charge < -0.3 is 4.90 Å². The summed E-state index contributed by atoms with van der Waals surface area (Å²) in [5, 5.41) is 11.1. The maximum Gasteiger partial charge on any atom is 0.288 e. The number of nitro groups is 1. The Balaban J connectivity index is 1.93. The molecule has 3 rings (SSSR count). The Kier molecular flexibility index (Phi) is 4.95. The lowest BCUT2D eigenvalue weighted by atomic mass is 10.0. The normalized spacial score (nSPS) is 17.5. The second-order valence-electron chi connectivity index (χ2n) is 6.50. The highest BCUT2D eigenvalue weighted by molar-refractivity contribution is 7.90. The van der Waals surface area contributed by atoms with Crippen LogP contribution < -0.4 is 4.90 Å². The van der Waals surface area contributed by atoms with Crippen LogP contribution in [0, 0.1) is 15.9 Å². The molecule has 0 amide bonds. The summed E-state index contributed by atoms with van der Waals surface area (Å²) in [6.07, 6.45) is 3.41. The van der Waals surface area contributed by atoms with Gasteiger partial charge in [0.25, 0.3) is 5.69 Å². The minimum atomic E-state index is -3.73. The number of rotatable bonds is 5. The van der Waals surface area contributed by atoms with Crippen molar-refractivity contribution < 1.29 is 17.7 Å². The largest absolute Gasteiger partial charge is 0.368 e. The number of hydrogen-bond acceptors (Lipinski definition) is 5. The minimum absolute atomic E-state index is 0.0886. The standard InChI is InChI=1S/C18H19FN2O4S/c1-26(24,25)18-12-16(7-8-17(18)21(22)23)20-9-3-6-15(20)11-13-4-2-5-14(19)10-13/h2,4-5,7-8,10,12,15H,3,6,9,11H2,1H3. The van der Waals surface area contributed by atoms with E-state index in [0.29, 0.717) is 12.1 Å². The monoisotopic (exact) mass is 378 g/mol. The van der Waals surface area contributed by atoms with Crippen molar-refractivity contribution in [3.8, 4) is 0 Å². The molecule has 1 unspecified atom stereocenters. The molecule has 1 aliphatic rings. The zero-order valence-electron chi connectivity index (χ0n) is 14.3. The Morgan fingerprint density at radius 2 is 2.04 bits per heavy atom. The smallest absolute Gasteiger partial charge is 0.288 e. The third kappa shape index (κ3) is 3.85. The SMILES string of the molecule is CS(=O)(=O)c1cc(N2CCCC2Cc2cccc(F)c2)ccc1[N+](=O)[O-]. The average Bonchev–Trinajstić information content (AvgIpc) is 3.01.